The summed E-state index contributed by atoms with van der Waals surface area (Å²) in [5.74, 6) is 0. The van der Waals surface area contributed by atoms with Gasteiger partial charge < -0.3 is 4.90 Å². The Morgan fingerprint density at radius 2 is 1.90 bits per heavy atom. The zero-order valence-corrected chi connectivity index (χ0v) is 13.3. The summed E-state index contributed by atoms with van der Waals surface area (Å²) in [6, 6.07) is 1.89. The first kappa shape index (κ1) is 15.1. The van der Waals surface area contributed by atoms with Gasteiger partial charge in [-0.2, -0.15) is 5.26 Å². The lowest BCUT2D eigenvalue weighted by molar-refractivity contribution is 0.290. The minimum atomic E-state index is -3.46. The number of nitriles is 1. The molecule has 0 saturated carbocycles. The maximum absolute atomic E-state index is 11.8. The fraction of sp³-hybridized carbons (Fsp3) is 0.667. The van der Waals surface area contributed by atoms with E-state index in [9.17, 15) is 13.7 Å². The van der Waals surface area contributed by atoms with Crippen molar-refractivity contribution in [3.63, 3.8) is 0 Å². The van der Waals surface area contributed by atoms with E-state index in [4.69, 9.17) is 0 Å². The lowest BCUT2D eigenvalue weighted by Crippen LogP contribution is -2.28. The van der Waals surface area contributed by atoms with Crippen LogP contribution < -0.4 is 0 Å². The summed E-state index contributed by atoms with van der Waals surface area (Å²) in [5, 5.41) is 9.21. The molecule has 0 aromatic rings. The Labute approximate surface area is 121 Å². The zero-order chi connectivity index (χ0) is 15.0. The second kappa shape index (κ2) is 5.25. The van der Waals surface area contributed by atoms with Crippen LogP contribution in [0.5, 0.6) is 0 Å². The third kappa shape index (κ3) is 3.24. The van der Waals surface area contributed by atoms with Crippen LogP contribution in [-0.2, 0) is 9.84 Å². The zero-order valence-electron chi connectivity index (χ0n) is 12.4. The van der Waals surface area contributed by atoms with E-state index < -0.39 is 9.84 Å². The molecule has 1 saturated heterocycles. The van der Waals surface area contributed by atoms with Crippen LogP contribution in [0.25, 0.3) is 0 Å². The van der Waals surface area contributed by atoms with Gasteiger partial charge in [0.2, 0.25) is 0 Å². The molecule has 2 aliphatic rings. The van der Waals surface area contributed by atoms with Gasteiger partial charge in [0.25, 0.3) is 0 Å². The van der Waals surface area contributed by atoms with E-state index in [1.165, 1.54) is 18.5 Å². The van der Waals surface area contributed by atoms with Gasteiger partial charge in [-0.3, -0.25) is 0 Å². The smallest absolute Gasteiger partial charge is 0.185 e. The van der Waals surface area contributed by atoms with Crippen LogP contribution in [0.4, 0.5) is 0 Å². The second-order valence-corrected chi connectivity index (χ2v) is 8.54. The number of sulfone groups is 1. The van der Waals surface area contributed by atoms with Crippen LogP contribution in [0.3, 0.4) is 0 Å². The van der Waals surface area contributed by atoms with Gasteiger partial charge in [0, 0.05) is 25.0 Å². The Balaban J connectivity index is 2.49. The third-order valence-electron chi connectivity index (χ3n) is 3.95. The molecule has 0 spiro atoms. The highest BCUT2D eigenvalue weighted by atomic mass is 32.2. The van der Waals surface area contributed by atoms with Crippen LogP contribution in [0.15, 0.2) is 22.3 Å². The lowest BCUT2D eigenvalue weighted by atomic mass is 9.77. The molecule has 5 heteroatoms. The number of nitrogens with zero attached hydrogens (tertiary/aromatic N) is 2. The highest BCUT2D eigenvalue weighted by Crippen LogP contribution is 2.41. The molecule has 1 fully saturated rings. The van der Waals surface area contributed by atoms with E-state index in [1.54, 1.807) is 0 Å². The molecular formula is C15H22N2O2S. The van der Waals surface area contributed by atoms with Crippen molar-refractivity contribution in [2.24, 2.45) is 5.41 Å². The number of hydrogen-bond acceptors (Lipinski definition) is 4. The van der Waals surface area contributed by atoms with E-state index in [0.29, 0.717) is 12.0 Å². The molecule has 0 aromatic heterocycles. The van der Waals surface area contributed by atoms with E-state index in [-0.39, 0.29) is 10.3 Å². The average molecular weight is 294 g/mol. The molecule has 1 heterocycles. The molecule has 20 heavy (non-hydrogen) atoms. The molecular weight excluding hydrogens is 272 g/mol. The summed E-state index contributed by atoms with van der Waals surface area (Å²) < 4.78 is 23.6. The molecule has 0 amide bonds. The first-order valence-corrected chi connectivity index (χ1v) is 8.91. The van der Waals surface area contributed by atoms with Crippen molar-refractivity contribution in [3.8, 4) is 6.07 Å². The van der Waals surface area contributed by atoms with Crippen LogP contribution in [-0.4, -0.2) is 32.7 Å². The first-order chi connectivity index (χ1) is 9.23. The maximum atomic E-state index is 11.8. The predicted octanol–water partition coefficient (Wildman–Crippen LogP) is 2.61. The largest absolute Gasteiger partial charge is 0.375 e. The first-order valence-electron chi connectivity index (χ1n) is 7.02. The van der Waals surface area contributed by atoms with Crippen LogP contribution in [0.1, 0.15) is 39.5 Å². The highest BCUT2D eigenvalue weighted by Gasteiger charge is 2.31. The second-order valence-electron chi connectivity index (χ2n) is 6.59. The minimum Gasteiger partial charge on any atom is -0.375 e. The van der Waals surface area contributed by atoms with Crippen molar-refractivity contribution in [3.05, 3.63) is 22.3 Å². The predicted molar refractivity (Wildman–Crippen MR) is 79.4 cm³/mol. The fourth-order valence-electron chi connectivity index (χ4n) is 3.12. The summed E-state index contributed by atoms with van der Waals surface area (Å²) >= 11 is 0. The van der Waals surface area contributed by atoms with Gasteiger partial charge in [-0.15, -0.1) is 0 Å². The van der Waals surface area contributed by atoms with Crippen molar-refractivity contribution in [1.29, 1.82) is 5.26 Å². The molecule has 4 nitrogen and oxygen atoms in total. The molecule has 2 rings (SSSR count). The molecule has 1 aliphatic heterocycles. The van der Waals surface area contributed by atoms with Crippen LogP contribution in [0, 0.1) is 16.7 Å². The molecule has 110 valence electrons. The van der Waals surface area contributed by atoms with Crippen molar-refractivity contribution in [2.45, 2.75) is 39.5 Å². The monoisotopic (exact) mass is 294 g/mol. The number of rotatable bonds is 2. The van der Waals surface area contributed by atoms with E-state index in [1.807, 2.05) is 12.1 Å². The van der Waals surface area contributed by atoms with Gasteiger partial charge in [0.1, 0.15) is 11.0 Å². The number of likely N-dealkylation sites (tertiary alicyclic amines) is 1. The molecule has 0 bridgehead atoms. The van der Waals surface area contributed by atoms with Gasteiger partial charge in [0.05, 0.1) is 0 Å². The van der Waals surface area contributed by atoms with Gasteiger partial charge in [-0.25, -0.2) is 8.42 Å². The Kier molecular flexibility index (Phi) is 3.97. The lowest BCUT2D eigenvalue weighted by Gasteiger charge is -2.35. The van der Waals surface area contributed by atoms with Crippen molar-refractivity contribution in [2.75, 3.05) is 19.3 Å². The Morgan fingerprint density at radius 3 is 2.40 bits per heavy atom. The molecule has 1 aliphatic carbocycles. The van der Waals surface area contributed by atoms with E-state index >= 15 is 0 Å². The number of hydrogen-bond donors (Lipinski definition) is 0. The van der Waals surface area contributed by atoms with Crippen LogP contribution in [0.2, 0.25) is 0 Å². The summed E-state index contributed by atoms with van der Waals surface area (Å²) in [7, 11) is -3.46. The van der Waals surface area contributed by atoms with Gasteiger partial charge in [0.15, 0.2) is 9.84 Å². The topological polar surface area (TPSA) is 61.2 Å². The molecule has 0 unspecified atom stereocenters. The van der Waals surface area contributed by atoms with Crippen LogP contribution >= 0.6 is 0 Å². The van der Waals surface area contributed by atoms with E-state index in [2.05, 4.69) is 18.7 Å². The van der Waals surface area contributed by atoms with Gasteiger partial charge in [-0.05, 0) is 42.7 Å². The minimum absolute atomic E-state index is 0.00516. The molecule has 0 N–H and O–H groups in total. The summed E-state index contributed by atoms with van der Waals surface area (Å²) in [6.07, 6.45) is 7.01. The molecule has 0 atom stereocenters. The molecule has 0 aromatic carbocycles. The average Bonchev–Trinajstić information content (AvgIpc) is 2.78. The standard InChI is InChI=1S/C15H22N2O2S/c1-15(2)9-12(14(11-16)20(3,18)19)8-13(10-15)17-6-4-5-7-17/h8H,4-7,9-10H2,1-3H3. The fourth-order valence-corrected chi connectivity index (χ4v) is 3.89. The Bertz CT molecular complexity index is 600. The quantitative estimate of drug-likeness (QED) is 0.734. The Hall–Kier alpha value is -1.28. The van der Waals surface area contributed by atoms with Gasteiger partial charge in [-0.1, -0.05) is 13.8 Å². The van der Waals surface area contributed by atoms with Crippen molar-refractivity contribution in [1.82, 2.24) is 4.90 Å². The van der Waals surface area contributed by atoms with Gasteiger partial charge >= 0.3 is 0 Å². The highest BCUT2D eigenvalue weighted by molar-refractivity contribution is 7.94. The molecule has 0 radical (unpaired) electrons. The number of allylic oxidation sites excluding steroid dienone is 4. The normalized spacial score (nSPS) is 25.1. The maximum Gasteiger partial charge on any atom is 0.185 e. The summed E-state index contributed by atoms with van der Waals surface area (Å²) in [5.41, 5.74) is 1.85. The summed E-state index contributed by atoms with van der Waals surface area (Å²) in [4.78, 5) is 2.26. The van der Waals surface area contributed by atoms with Crippen molar-refractivity contribution < 1.29 is 8.42 Å². The third-order valence-corrected chi connectivity index (χ3v) is 5.04. The summed E-state index contributed by atoms with van der Waals surface area (Å²) in [6.45, 7) is 6.34. The Morgan fingerprint density at radius 1 is 1.30 bits per heavy atom. The van der Waals surface area contributed by atoms with Crippen molar-refractivity contribution >= 4 is 9.84 Å². The SMILES string of the molecule is CC1(C)CC(N2CCCC2)=CC(=C(C#N)S(C)(=O)=O)C1. The van der Waals surface area contributed by atoms with E-state index in [0.717, 1.165) is 25.8 Å².